The van der Waals surface area contributed by atoms with Crippen molar-refractivity contribution < 1.29 is 8.42 Å². The lowest BCUT2D eigenvalue weighted by molar-refractivity contribution is 0.607. The zero-order valence-corrected chi connectivity index (χ0v) is 17.2. The number of nitrogens with one attached hydrogen (secondary N) is 2. The molecule has 0 saturated carbocycles. The van der Waals surface area contributed by atoms with Crippen LogP contribution in [0.3, 0.4) is 0 Å². The Balaban J connectivity index is 1.93. The predicted molar refractivity (Wildman–Crippen MR) is 115 cm³/mol. The van der Waals surface area contributed by atoms with E-state index in [0.717, 1.165) is 17.4 Å². The van der Waals surface area contributed by atoms with Crippen LogP contribution in [-0.4, -0.2) is 29.4 Å². The number of benzene rings is 2. The zero-order chi connectivity index (χ0) is 20.8. The molecule has 0 aliphatic heterocycles. The van der Waals surface area contributed by atoms with Crippen LogP contribution in [0.15, 0.2) is 59.5 Å². The highest BCUT2D eigenvalue weighted by molar-refractivity contribution is 7.92. The van der Waals surface area contributed by atoms with Gasteiger partial charge in [-0.15, -0.1) is 0 Å². The van der Waals surface area contributed by atoms with Gasteiger partial charge in [0.1, 0.15) is 0 Å². The van der Waals surface area contributed by atoms with Gasteiger partial charge in [-0.2, -0.15) is 0 Å². The number of hydrogen-bond donors (Lipinski definition) is 2. The molecule has 2 aromatic carbocycles. The number of pyridine rings is 1. The van der Waals surface area contributed by atoms with Crippen molar-refractivity contribution in [3.8, 4) is 16.8 Å². The van der Waals surface area contributed by atoms with Gasteiger partial charge < -0.3 is 0 Å². The molecular weight excluding hydrogens is 412 g/mol. The molecular formula is C20H17ClN4O3S. The third-order valence-corrected chi connectivity index (χ3v) is 5.32. The number of hydrogen-bond acceptors (Lipinski definition) is 4. The Kier molecular flexibility index (Phi) is 4.68. The molecule has 0 unspecified atom stereocenters. The van der Waals surface area contributed by atoms with E-state index in [0.29, 0.717) is 33.0 Å². The van der Waals surface area contributed by atoms with E-state index in [-0.39, 0.29) is 5.56 Å². The summed E-state index contributed by atoms with van der Waals surface area (Å²) in [6.45, 7) is 1.84. The molecule has 7 nitrogen and oxygen atoms in total. The fourth-order valence-corrected chi connectivity index (χ4v) is 3.93. The highest BCUT2D eigenvalue weighted by Gasteiger charge is 2.16. The average molecular weight is 429 g/mol. The number of nitrogens with zero attached hydrogens (tertiary/aromatic N) is 2. The number of H-pyrrole nitrogens is 1. The third kappa shape index (κ3) is 3.76. The van der Waals surface area contributed by atoms with E-state index in [2.05, 4.69) is 14.8 Å². The zero-order valence-electron chi connectivity index (χ0n) is 15.6. The van der Waals surface area contributed by atoms with Gasteiger partial charge in [-0.05, 0) is 48.9 Å². The van der Waals surface area contributed by atoms with Crippen LogP contribution in [0.2, 0.25) is 5.02 Å². The first-order valence-corrected chi connectivity index (χ1v) is 10.9. The van der Waals surface area contributed by atoms with E-state index >= 15 is 0 Å². The Hall–Kier alpha value is -3.10. The summed E-state index contributed by atoms with van der Waals surface area (Å²) in [5.74, 6) is 0. The summed E-state index contributed by atoms with van der Waals surface area (Å²) in [7, 11) is -3.41. The van der Waals surface area contributed by atoms with Gasteiger partial charge in [0.15, 0.2) is 0 Å². The molecule has 2 aromatic heterocycles. The number of aromatic nitrogens is 3. The van der Waals surface area contributed by atoms with Gasteiger partial charge in [-0.3, -0.25) is 19.6 Å². The molecule has 0 aliphatic carbocycles. The van der Waals surface area contributed by atoms with E-state index in [1.165, 1.54) is 10.9 Å². The smallest absolute Gasteiger partial charge is 0.280 e. The molecule has 9 heteroatoms. The highest BCUT2D eigenvalue weighted by atomic mass is 35.5. The number of anilines is 1. The Bertz CT molecular complexity index is 1390. The fourth-order valence-electron chi connectivity index (χ4n) is 3.24. The van der Waals surface area contributed by atoms with Crippen molar-refractivity contribution in [2.75, 3.05) is 11.0 Å². The lowest BCUT2D eigenvalue weighted by atomic mass is 10.0. The van der Waals surface area contributed by atoms with Gasteiger partial charge in [0.05, 0.1) is 22.8 Å². The minimum Gasteiger partial charge on any atom is -0.290 e. The highest BCUT2D eigenvalue weighted by Crippen LogP contribution is 2.30. The maximum atomic E-state index is 12.9. The van der Waals surface area contributed by atoms with Crippen LogP contribution in [0.5, 0.6) is 0 Å². The number of aryl methyl sites for hydroxylation is 1. The summed E-state index contributed by atoms with van der Waals surface area (Å²) < 4.78 is 27.0. The number of halogens is 1. The molecule has 0 spiro atoms. The van der Waals surface area contributed by atoms with Gasteiger partial charge >= 0.3 is 0 Å². The molecule has 4 aromatic rings. The second-order valence-corrected chi connectivity index (χ2v) is 8.88. The lowest BCUT2D eigenvalue weighted by Gasteiger charge is -2.10. The Morgan fingerprint density at radius 1 is 1.14 bits per heavy atom. The molecule has 148 valence electrons. The molecule has 0 saturated heterocycles. The molecule has 29 heavy (non-hydrogen) atoms. The van der Waals surface area contributed by atoms with E-state index in [9.17, 15) is 13.2 Å². The van der Waals surface area contributed by atoms with Crippen LogP contribution in [-0.2, 0) is 10.0 Å². The number of rotatable bonds is 4. The van der Waals surface area contributed by atoms with Crippen molar-refractivity contribution >= 4 is 38.2 Å². The number of sulfonamides is 1. The summed E-state index contributed by atoms with van der Waals surface area (Å²) >= 11 is 5.95. The molecule has 0 aliphatic rings. The monoisotopic (exact) mass is 428 g/mol. The van der Waals surface area contributed by atoms with Crippen LogP contribution in [0, 0.1) is 6.92 Å². The minimum atomic E-state index is -3.41. The second-order valence-electron chi connectivity index (χ2n) is 6.69. The summed E-state index contributed by atoms with van der Waals surface area (Å²) in [6.07, 6.45) is 2.63. The fraction of sp³-hybridized carbons (Fsp3) is 0.100. The van der Waals surface area contributed by atoms with Gasteiger partial charge in [0, 0.05) is 28.2 Å². The SMILES string of the molecule is Cc1ncc2c(=O)n(-c3ccc(Cl)cc3)[nH]c2c1-c1cccc(NS(C)(=O)=O)c1. The van der Waals surface area contributed by atoms with Crippen LogP contribution in [0.25, 0.3) is 27.7 Å². The van der Waals surface area contributed by atoms with Crippen LogP contribution in [0.1, 0.15) is 5.69 Å². The van der Waals surface area contributed by atoms with E-state index in [1.807, 2.05) is 13.0 Å². The molecule has 0 atom stereocenters. The Morgan fingerprint density at radius 2 is 1.86 bits per heavy atom. The van der Waals surface area contributed by atoms with Crippen molar-refractivity contribution in [3.63, 3.8) is 0 Å². The van der Waals surface area contributed by atoms with Crippen molar-refractivity contribution in [2.45, 2.75) is 6.92 Å². The Morgan fingerprint density at radius 3 is 2.55 bits per heavy atom. The predicted octanol–water partition coefficient (Wildman–Crippen LogP) is 3.71. The van der Waals surface area contributed by atoms with E-state index in [4.69, 9.17) is 11.6 Å². The van der Waals surface area contributed by atoms with E-state index in [1.54, 1.807) is 42.5 Å². The van der Waals surface area contributed by atoms with Crippen molar-refractivity contribution in [1.82, 2.24) is 14.8 Å². The molecule has 0 fully saturated rings. The van der Waals surface area contributed by atoms with Crippen LogP contribution >= 0.6 is 11.6 Å². The normalized spacial score (nSPS) is 11.7. The molecule has 2 N–H and O–H groups in total. The number of fused-ring (bicyclic) bond motifs is 1. The third-order valence-electron chi connectivity index (χ3n) is 4.46. The summed E-state index contributed by atoms with van der Waals surface area (Å²) in [6, 6.07) is 13.9. The van der Waals surface area contributed by atoms with E-state index < -0.39 is 10.0 Å². The largest absolute Gasteiger partial charge is 0.290 e. The van der Waals surface area contributed by atoms with Gasteiger partial charge in [0.2, 0.25) is 10.0 Å². The average Bonchev–Trinajstić information content (AvgIpc) is 2.97. The minimum absolute atomic E-state index is 0.235. The quantitative estimate of drug-likeness (QED) is 0.517. The molecule has 0 bridgehead atoms. The topological polar surface area (TPSA) is 96.8 Å². The number of aromatic amines is 1. The van der Waals surface area contributed by atoms with Gasteiger partial charge in [-0.1, -0.05) is 23.7 Å². The standard InChI is InChI=1S/C20H17ClN4O3S/c1-12-18(13-4-3-5-15(10-13)24-29(2,27)28)19-17(11-22-12)20(26)25(23-19)16-8-6-14(21)7-9-16/h3-11,23-24H,1-2H3. The van der Waals surface area contributed by atoms with Crippen molar-refractivity contribution in [1.29, 1.82) is 0 Å². The molecule has 0 radical (unpaired) electrons. The lowest BCUT2D eigenvalue weighted by Crippen LogP contribution is -2.14. The van der Waals surface area contributed by atoms with Crippen LogP contribution in [0.4, 0.5) is 5.69 Å². The first kappa shape index (κ1) is 19.2. The maximum absolute atomic E-state index is 12.9. The molecule has 0 amide bonds. The van der Waals surface area contributed by atoms with Gasteiger partial charge in [0.25, 0.3) is 5.56 Å². The Labute approximate surface area is 172 Å². The first-order chi connectivity index (χ1) is 13.7. The second kappa shape index (κ2) is 7.06. The summed E-state index contributed by atoms with van der Waals surface area (Å²) in [4.78, 5) is 17.3. The summed E-state index contributed by atoms with van der Waals surface area (Å²) in [5.41, 5.74) is 3.63. The van der Waals surface area contributed by atoms with Crippen LogP contribution < -0.4 is 10.3 Å². The maximum Gasteiger partial charge on any atom is 0.280 e. The van der Waals surface area contributed by atoms with Crippen molar-refractivity contribution in [2.24, 2.45) is 0 Å². The van der Waals surface area contributed by atoms with Gasteiger partial charge in [-0.25, -0.2) is 13.1 Å². The molecule has 4 rings (SSSR count). The summed E-state index contributed by atoms with van der Waals surface area (Å²) in [5, 5.41) is 4.17. The molecule has 2 heterocycles. The first-order valence-electron chi connectivity index (χ1n) is 8.67. The van der Waals surface area contributed by atoms with Crippen molar-refractivity contribution in [3.05, 3.63) is 75.8 Å².